The molecule has 1 saturated carbocycles. The van der Waals surface area contributed by atoms with E-state index in [-0.39, 0.29) is 23.8 Å². The highest BCUT2D eigenvalue weighted by Crippen LogP contribution is 2.37. The molecule has 21 heavy (non-hydrogen) atoms. The summed E-state index contributed by atoms with van der Waals surface area (Å²) in [6, 6.07) is 3.60. The van der Waals surface area contributed by atoms with Crippen molar-refractivity contribution in [3.8, 4) is 0 Å². The predicted octanol–water partition coefficient (Wildman–Crippen LogP) is 2.35. The standard InChI is InChI=1S/C16H18N2O2S/c1-8-6-7-9(2)13-12(8)15(19)18(16(13)20)11-5-3-4-10(11)14(17)21/h6-7,10-11H,3-5H2,1-2H3,(H2,17,21). The summed E-state index contributed by atoms with van der Waals surface area (Å²) in [5.41, 5.74) is 8.59. The molecule has 0 radical (unpaired) electrons. The first-order valence-electron chi connectivity index (χ1n) is 7.21. The van der Waals surface area contributed by atoms with Crippen molar-refractivity contribution >= 4 is 29.0 Å². The second-order valence-corrected chi connectivity index (χ2v) is 6.41. The van der Waals surface area contributed by atoms with Crippen LogP contribution in [0.15, 0.2) is 12.1 Å². The molecule has 2 unspecified atom stereocenters. The van der Waals surface area contributed by atoms with Gasteiger partial charge in [0.1, 0.15) is 0 Å². The third kappa shape index (κ3) is 1.99. The number of fused-ring (bicyclic) bond motifs is 1. The summed E-state index contributed by atoms with van der Waals surface area (Å²) in [7, 11) is 0. The summed E-state index contributed by atoms with van der Waals surface area (Å²) in [5.74, 6) is -0.434. The highest BCUT2D eigenvalue weighted by atomic mass is 32.1. The van der Waals surface area contributed by atoms with Crippen LogP contribution in [0.5, 0.6) is 0 Å². The summed E-state index contributed by atoms with van der Waals surface area (Å²) < 4.78 is 0. The number of nitrogens with two attached hydrogens (primary N) is 1. The SMILES string of the molecule is Cc1ccc(C)c2c1C(=O)N(C1CCCC1C(N)=S)C2=O. The molecule has 1 aromatic rings. The molecule has 0 saturated heterocycles. The van der Waals surface area contributed by atoms with Crippen molar-refractivity contribution in [3.05, 3.63) is 34.4 Å². The lowest BCUT2D eigenvalue weighted by atomic mass is 9.99. The van der Waals surface area contributed by atoms with Gasteiger partial charge in [-0.3, -0.25) is 14.5 Å². The molecule has 2 atom stereocenters. The number of hydrogen-bond donors (Lipinski definition) is 1. The number of aryl methyl sites for hydroxylation is 2. The summed E-state index contributed by atoms with van der Waals surface area (Å²) >= 11 is 5.11. The van der Waals surface area contributed by atoms with E-state index < -0.39 is 0 Å². The molecule has 1 aromatic carbocycles. The van der Waals surface area contributed by atoms with Crippen LogP contribution in [0.25, 0.3) is 0 Å². The van der Waals surface area contributed by atoms with Crippen molar-refractivity contribution in [2.45, 2.75) is 39.2 Å². The van der Waals surface area contributed by atoms with E-state index in [2.05, 4.69) is 0 Å². The third-order valence-electron chi connectivity index (χ3n) is 4.66. The van der Waals surface area contributed by atoms with E-state index in [0.29, 0.717) is 16.1 Å². The van der Waals surface area contributed by atoms with E-state index in [1.165, 1.54) is 4.90 Å². The zero-order chi connectivity index (χ0) is 15.3. The van der Waals surface area contributed by atoms with Crippen LogP contribution >= 0.6 is 12.2 Å². The van der Waals surface area contributed by atoms with Crippen LogP contribution in [-0.4, -0.2) is 27.7 Å². The molecule has 4 nitrogen and oxygen atoms in total. The Kier molecular flexibility index (Phi) is 3.32. The molecular weight excluding hydrogens is 284 g/mol. The van der Waals surface area contributed by atoms with Crippen LogP contribution < -0.4 is 5.73 Å². The molecule has 0 spiro atoms. The fourth-order valence-electron chi connectivity index (χ4n) is 3.58. The Morgan fingerprint density at radius 3 is 2.14 bits per heavy atom. The number of amides is 2. The van der Waals surface area contributed by atoms with E-state index in [0.717, 1.165) is 30.4 Å². The molecule has 2 N–H and O–H groups in total. The number of imide groups is 1. The number of nitrogens with zero attached hydrogens (tertiary/aromatic N) is 1. The second-order valence-electron chi connectivity index (χ2n) is 5.94. The summed E-state index contributed by atoms with van der Waals surface area (Å²) in [6.07, 6.45) is 2.58. The van der Waals surface area contributed by atoms with Gasteiger partial charge in [0.25, 0.3) is 11.8 Å². The first-order chi connectivity index (χ1) is 9.93. The topological polar surface area (TPSA) is 63.4 Å². The van der Waals surface area contributed by atoms with Gasteiger partial charge in [-0.05, 0) is 37.8 Å². The Balaban J connectivity index is 2.06. The fraction of sp³-hybridized carbons (Fsp3) is 0.438. The Morgan fingerprint density at radius 1 is 1.14 bits per heavy atom. The van der Waals surface area contributed by atoms with Crippen LogP contribution in [0.1, 0.15) is 51.1 Å². The van der Waals surface area contributed by atoms with Crippen molar-refractivity contribution in [1.29, 1.82) is 0 Å². The maximum atomic E-state index is 12.8. The van der Waals surface area contributed by atoms with Gasteiger partial charge in [-0.1, -0.05) is 30.8 Å². The lowest BCUT2D eigenvalue weighted by molar-refractivity contribution is 0.0571. The smallest absolute Gasteiger partial charge is 0.262 e. The predicted molar refractivity (Wildman–Crippen MR) is 84.3 cm³/mol. The first kappa shape index (κ1) is 14.2. The number of thiocarbonyl (C=S) groups is 1. The van der Waals surface area contributed by atoms with E-state index >= 15 is 0 Å². The van der Waals surface area contributed by atoms with Crippen molar-refractivity contribution in [3.63, 3.8) is 0 Å². The van der Waals surface area contributed by atoms with Crippen LogP contribution in [0.4, 0.5) is 0 Å². The quantitative estimate of drug-likeness (QED) is 0.673. The van der Waals surface area contributed by atoms with Gasteiger partial charge < -0.3 is 5.73 Å². The van der Waals surface area contributed by atoms with Crippen LogP contribution in [-0.2, 0) is 0 Å². The summed E-state index contributed by atoms with van der Waals surface area (Å²) in [4.78, 5) is 27.3. The van der Waals surface area contributed by atoms with Gasteiger partial charge in [0.05, 0.1) is 16.1 Å². The third-order valence-corrected chi connectivity index (χ3v) is 4.97. The van der Waals surface area contributed by atoms with Gasteiger partial charge in [0, 0.05) is 12.0 Å². The molecule has 1 aliphatic carbocycles. The Hall–Kier alpha value is -1.75. The van der Waals surface area contributed by atoms with Crippen LogP contribution in [0, 0.1) is 19.8 Å². The second kappa shape index (κ2) is 4.91. The van der Waals surface area contributed by atoms with Gasteiger partial charge in [-0.15, -0.1) is 0 Å². The molecule has 3 rings (SSSR count). The average Bonchev–Trinajstić information content (AvgIpc) is 2.98. The van der Waals surface area contributed by atoms with Crippen molar-refractivity contribution in [2.75, 3.05) is 0 Å². The minimum Gasteiger partial charge on any atom is -0.393 e. The summed E-state index contributed by atoms with van der Waals surface area (Å²) in [6.45, 7) is 3.74. The minimum absolute atomic E-state index is 0.0529. The zero-order valence-corrected chi connectivity index (χ0v) is 13.0. The summed E-state index contributed by atoms with van der Waals surface area (Å²) in [5, 5.41) is 0. The number of carbonyl (C=O) groups is 2. The normalized spacial score (nSPS) is 24.6. The van der Waals surface area contributed by atoms with E-state index in [4.69, 9.17) is 18.0 Å². The molecule has 2 aliphatic rings. The molecular formula is C16H18N2O2S. The molecule has 110 valence electrons. The highest BCUT2D eigenvalue weighted by Gasteiger charge is 2.46. The zero-order valence-electron chi connectivity index (χ0n) is 12.2. The number of benzene rings is 1. The lowest BCUT2D eigenvalue weighted by Gasteiger charge is -2.27. The fourth-order valence-corrected chi connectivity index (χ4v) is 3.85. The van der Waals surface area contributed by atoms with Gasteiger partial charge >= 0.3 is 0 Å². The van der Waals surface area contributed by atoms with Crippen molar-refractivity contribution in [2.24, 2.45) is 11.7 Å². The Bertz CT molecular complexity index is 627. The molecule has 5 heteroatoms. The molecule has 1 fully saturated rings. The largest absolute Gasteiger partial charge is 0.393 e. The molecule has 2 amide bonds. The lowest BCUT2D eigenvalue weighted by Crippen LogP contribution is -2.45. The van der Waals surface area contributed by atoms with Crippen LogP contribution in [0.3, 0.4) is 0 Å². The molecule has 1 heterocycles. The van der Waals surface area contributed by atoms with Crippen molar-refractivity contribution < 1.29 is 9.59 Å². The molecule has 1 aliphatic heterocycles. The van der Waals surface area contributed by atoms with Gasteiger partial charge in [-0.2, -0.15) is 0 Å². The average molecular weight is 302 g/mol. The maximum Gasteiger partial charge on any atom is 0.262 e. The van der Waals surface area contributed by atoms with Crippen molar-refractivity contribution in [1.82, 2.24) is 4.90 Å². The van der Waals surface area contributed by atoms with E-state index in [1.54, 1.807) is 0 Å². The Morgan fingerprint density at radius 2 is 1.67 bits per heavy atom. The van der Waals surface area contributed by atoms with E-state index in [9.17, 15) is 9.59 Å². The maximum absolute atomic E-state index is 12.8. The van der Waals surface area contributed by atoms with Gasteiger partial charge in [0.2, 0.25) is 0 Å². The highest BCUT2D eigenvalue weighted by molar-refractivity contribution is 7.80. The monoisotopic (exact) mass is 302 g/mol. The number of hydrogen-bond acceptors (Lipinski definition) is 3. The van der Waals surface area contributed by atoms with E-state index in [1.807, 2.05) is 26.0 Å². The number of carbonyl (C=O) groups excluding carboxylic acids is 2. The molecule has 0 bridgehead atoms. The molecule has 0 aromatic heterocycles. The number of rotatable bonds is 2. The Labute approximate surface area is 129 Å². The first-order valence-corrected chi connectivity index (χ1v) is 7.61. The van der Waals surface area contributed by atoms with Gasteiger partial charge in [0.15, 0.2) is 0 Å². The minimum atomic E-state index is -0.190. The van der Waals surface area contributed by atoms with Crippen LogP contribution in [0.2, 0.25) is 0 Å². The van der Waals surface area contributed by atoms with Gasteiger partial charge in [-0.25, -0.2) is 0 Å².